The van der Waals surface area contributed by atoms with Gasteiger partial charge < -0.3 is 0 Å². The summed E-state index contributed by atoms with van der Waals surface area (Å²) in [6.07, 6.45) is 5.77. The smallest absolute Gasteiger partial charge is 0.258 e. The molecule has 0 fully saturated rings. The van der Waals surface area contributed by atoms with Crippen molar-refractivity contribution < 1.29 is 4.92 Å². The Morgan fingerprint density at radius 2 is 1.61 bits per heavy atom. The van der Waals surface area contributed by atoms with Crippen LogP contribution in [0.25, 0.3) is 0 Å². The van der Waals surface area contributed by atoms with Crippen LogP contribution < -0.4 is 0 Å². The zero-order valence-electron chi connectivity index (χ0n) is 13.5. The van der Waals surface area contributed by atoms with Gasteiger partial charge in [0, 0.05) is 12.1 Å². The highest BCUT2D eigenvalue weighted by Crippen LogP contribution is 2.18. The standard InChI is InChI=1S/C19H23NO2.ClH/c1-16(7-5-6-10-17-8-3-2-4-9-17)15-18-11-13-19(14-12-18)20(21)22;/h2-4,8-9,11-14,16H,5-7,10,15H2,1H3;1H. The lowest BCUT2D eigenvalue weighted by molar-refractivity contribution is -0.384. The topological polar surface area (TPSA) is 43.1 Å². The molecule has 124 valence electrons. The van der Waals surface area contributed by atoms with Crippen LogP contribution in [-0.2, 0) is 12.8 Å². The maximum absolute atomic E-state index is 10.6. The van der Waals surface area contributed by atoms with Gasteiger partial charge >= 0.3 is 0 Å². The van der Waals surface area contributed by atoms with Crippen LogP contribution in [0.2, 0.25) is 0 Å². The molecule has 0 aromatic heterocycles. The van der Waals surface area contributed by atoms with Crippen LogP contribution in [0.1, 0.15) is 37.3 Å². The molecule has 2 aromatic rings. The number of rotatable bonds is 8. The van der Waals surface area contributed by atoms with Crippen LogP contribution in [0.3, 0.4) is 0 Å². The van der Waals surface area contributed by atoms with Gasteiger partial charge in [0.1, 0.15) is 0 Å². The van der Waals surface area contributed by atoms with E-state index in [4.69, 9.17) is 0 Å². The van der Waals surface area contributed by atoms with E-state index >= 15 is 0 Å². The second-order valence-corrected chi connectivity index (χ2v) is 5.96. The van der Waals surface area contributed by atoms with Crippen LogP contribution in [0.4, 0.5) is 5.69 Å². The van der Waals surface area contributed by atoms with E-state index in [1.54, 1.807) is 12.1 Å². The first-order chi connectivity index (χ1) is 10.6. The monoisotopic (exact) mass is 333 g/mol. The van der Waals surface area contributed by atoms with Gasteiger partial charge in [0.05, 0.1) is 4.92 Å². The fraction of sp³-hybridized carbons (Fsp3) is 0.368. The molecule has 0 aliphatic heterocycles. The van der Waals surface area contributed by atoms with Crippen molar-refractivity contribution in [3.63, 3.8) is 0 Å². The highest BCUT2D eigenvalue weighted by atomic mass is 35.5. The van der Waals surface area contributed by atoms with Crippen LogP contribution in [0.5, 0.6) is 0 Å². The first-order valence-corrected chi connectivity index (χ1v) is 7.92. The highest BCUT2D eigenvalue weighted by Gasteiger charge is 2.07. The maximum Gasteiger partial charge on any atom is 0.269 e. The Morgan fingerprint density at radius 3 is 2.22 bits per heavy atom. The molecule has 2 rings (SSSR count). The Kier molecular flexibility index (Phi) is 8.35. The Morgan fingerprint density at radius 1 is 0.957 bits per heavy atom. The summed E-state index contributed by atoms with van der Waals surface area (Å²) in [5.41, 5.74) is 2.76. The Hall–Kier alpha value is -1.87. The summed E-state index contributed by atoms with van der Waals surface area (Å²) < 4.78 is 0. The van der Waals surface area contributed by atoms with Gasteiger partial charge in [-0.05, 0) is 36.3 Å². The van der Waals surface area contributed by atoms with E-state index < -0.39 is 0 Å². The zero-order chi connectivity index (χ0) is 15.8. The summed E-state index contributed by atoms with van der Waals surface area (Å²) in [6.45, 7) is 2.25. The second-order valence-electron chi connectivity index (χ2n) is 5.96. The van der Waals surface area contributed by atoms with Crippen molar-refractivity contribution in [2.24, 2.45) is 5.92 Å². The molecule has 4 heteroatoms. The summed E-state index contributed by atoms with van der Waals surface area (Å²) in [6, 6.07) is 17.5. The number of non-ortho nitro benzene ring substituents is 1. The predicted octanol–water partition coefficient (Wildman–Crippen LogP) is 5.61. The van der Waals surface area contributed by atoms with Gasteiger partial charge in [-0.1, -0.05) is 62.2 Å². The van der Waals surface area contributed by atoms with E-state index in [0.29, 0.717) is 5.92 Å². The number of aryl methyl sites for hydroxylation is 1. The van der Waals surface area contributed by atoms with Crippen LogP contribution >= 0.6 is 12.4 Å². The van der Waals surface area contributed by atoms with E-state index in [2.05, 4.69) is 37.3 Å². The molecule has 23 heavy (non-hydrogen) atoms. The number of hydrogen-bond donors (Lipinski definition) is 0. The lowest BCUT2D eigenvalue weighted by Crippen LogP contribution is -2.00. The molecule has 0 bridgehead atoms. The first kappa shape index (κ1) is 19.2. The fourth-order valence-electron chi connectivity index (χ4n) is 2.72. The van der Waals surface area contributed by atoms with Crippen molar-refractivity contribution in [3.8, 4) is 0 Å². The SMILES string of the molecule is CC(CCCCc1ccccc1)Cc1ccc([N+](=O)[O-])cc1.Cl. The van der Waals surface area contributed by atoms with Crippen molar-refractivity contribution in [1.29, 1.82) is 0 Å². The van der Waals surface area contributed by atoms with Crippen molar-refractivity contribution in [1.82, 2.24) is 0 Å². The lowest BCUT2D eigenvalue weighted by Gasteiger charge is -2.11. The number of benzene rings is 2. The average Bonchev–Trinajstić information content (AvgIpc) is 2.53. The van der Waals surface area contributed by atoms with Crippen LogP contribution in [0.15, 0.2) is 54.6 Å². The van der Waals surface area contributed by atoms with E-state index in [0.717, 1.165) is 12.8 Å². The number of unbranched alkanes of at least 4 members (excludes halogenated alkanes) is 1. The third kappa shape index (κ3) is 6.83. The van der Waals surface area contributed by atoms with E-state index in [1.165, 1.54) is 30.4 Å². The molecule has 0 spiro atoms. The Labute approximate surface area is 144 Å². The summed E-state index contributed by atoms with van der Waals surface area (Å²) >= 11 is 0. The summed E-state index contributed by atoms with van der Waals surface area (Å²) in [4.78, 5) is 10.3. The molecular weight excluding hydrogens is 310 g/mol. The number of nitrogens with zero attached hydrogens (tertiary/aromatic N) is 1. The first-order valence-electron chi connectivity index (χ1n) is 7.92. The number of nitro benzene ring substituents is 1. The number of halogens is 1. The minimum atomic E-state index is -0.350. The predicted molar refractivity (Wildman–Crippen MR) is 97.2 cm³/mol. The van der Waals surface area contributed by atoms with Crippen molar-refractivity contribution in [2.45, 2.75) is 39.0 Å². The lowest BCUT2D eigenvalue weighted by atomic mass is 9.95. The quantitative estimate of drug-likeness (QED) is 0.358. The van der Waals surface area contributed by atoms with Crippen molar-refractivity contribution in [3.05, 3.63) is 75.8 Å². The summed E-state index contributed by atoms with van der Waals surface area (Å²) in [5, 5.41) is 10.6. The average molecular weight is 334 g/mol. The molecule has 1 atom stereocenters. The molecule has 2 aromatic carbocycles. The minimum Gasteiger partial charge on any atom is -0.258 e. The fourth-order valence-corrected chi connectivity index (χ4v) is 2.72. The third-order valence-electron chi connectivity index (χ3n) is 3.99. The van der Waals surface area contributed by atoms with E-state index in [1.807, 2.05) is 12.1 Å². The van der Waals surface area contributed by atoms with Gasteiger partial charge in [-0.25, -0.2) is 0 Å². The van der Waals surface area contributed by atoms with E-state index in [-0.39, 0.29) is 23.0 Å². The van der Waals surface area contributed by atoms with Crippen molar-refractivity contribution in [2.75, 3.05) is 0 Å². The van der Waals surface area contributed by atoms with Gasteiger partial charge in [-0.3, -0.25) is 10.1 Å². The number of nitro groups is 1. The maximum atomic E-state index is 10.6. The normalized spacial score (nSPS) is 11.5. The summed E-state index contributed by atoms with van der Waals surface area (Å²) in [5.74, 6) is 0.609. The summed E-state index contributed by atoms with van der Waals surface area (Å²) in [7, 11) is 0. The molecule has 0 saturated carbocycles. The van der Waals surface area contributed by atoms with Gasteiger partial charge in [-0.15, -0.1) is 12.4 Å². The molecule has 0 N–H and O–H groups in total. The molecule has 1 unspecified atom stereocenters. The van der Waals surface area contributed by atoms with E-state index in [9.17, 15) is 10.1 Å². The van der Waals surface area contributed by atoms with Crippen LogP contribution in [-0.4, -0.2) is 4.92 Å². The molecule has 0 amide bonds. The molecule has 0 aliphatic carbocycles. The zero-order valence-corrected chi connectivity index (χ0v) is 14.3. The highest BCUT2D eigenvalue weighted by molar-refractivity contribution is 5.85. The van der Waals surface area contributed by atoms with Gasteiger partial charge in [0.2, 0.25) is 0 Å². The number of hydrogen-bond acceptors (Lipinski definition) is 2. The molecule has 0 heterocycles. The molecule has 0 radical (unpaired) electrons. The molecule has 3 nitrogen and oxygen atoms in total. The molecular formula is C19H24ClNO2. The second kappa shape index (κ2) is 10.0. The van der Waals surface area contributed by atoms with Crippen LogP contribution in [0, 0.1) is 16.0 Å². The molecule has 0 aliphatic rings. The minimum absolute atomic E-state index is 0. The van der Waals surface area contributed by atoms with Crippen molar-refractivity contribution >= 4 is 18.1 Å². The largest absolute Gasteiger partial charge is 0.269 e. The Bertz CT molecular complexity index is 584. The van der Waals surface area contributed by atoms with Gasteiger partial charge in [0.15, 0.2) is 0 Å². The Balaban J connectivity index is 0.00000264. The van der Waals surface area contributed by atoms with Gasteiger partial charge in [0.25, 0.3) is 5.69 Å². The molecule has 0 saturated heterocycles. The van der Waals surface area contributed by atoms with Gasteiger partial charge in [-0.2, -0.15) is 0 Å². The third-order valence-corrected chi connectivity index (χ3v) is 3.99.